The Balaban J connectivity index is 1.36. The van der Waals surface area contributed by atoms with Crippen LogP contribution in [0.25, 0.3) is 0 Å². The van der Waals surface area contributed by atoms with Crippen LogP contribution in [0.15, 0.2) is 82.9 Å². The van der Waals surface area contributed by atoms with Gasteiger partial charge in [0, 0.05) is 29.1 Å². The summed E-state index contributed by atoms with van der Waals surface area (Å²) >= 11 is 7.17. The lowest BCUT2D eigenvalue weighted by atomic mass is 9.98. The van der Waals surface area contributed by atoms with E-state index in [9.17, 15) is 9.59 Å². The lowest BCUT2D eigenvalue weighted by molar-refractivity contribution is -0.121. The van der Waals surface area contributed by atoms with E-state index in [0.717, 1.165) is 28.3 Å². The molecule has 2 heterocycles. The summed E-state index contributed by atoms with van der Waals surface area (Å²) in [5.74, 6) is 0.860. The molecule has 10 heteroatoms. The van der Waals surface area contributed by atoms with Crippen molar-refractivity contribution in [2.75, 3.05) is 19.5 Å². The third kappa shape index (κ3) is 5.69. The Kier molecular flexibility index (Phi) is 7.67. The minimum atomic E-state index is -0.634. The van der Waals surface area contributed by atoms with Crippen LogP contribution in [0.1, 0.15) is 30.0 Å². The molecule has 0 fully saturated rings. The maximum Gasteiger partial charge on any atom is 0.262 e. The maximum atomic E-state index is 12.8. The molecule has 0 saturated heterocycles. The summed E-state index contributed by atoms with van der Waals surface area (Å²) < 4.78 is 10.7. The van der Waals surface area contributed by atoms with Crippen molar-refractivity contribution in [3.8, 4) is 11.5 Å². The molecule has 194 valence electrons. The van der Waals surface area contributed by atoms with Gasteiger partial charge in [-0.3, -0.25) is 9.59 Å². The van der Waals surface area contributed by atoms with Crippen LogP contribution in [0.4, 0.5) is 5.69 Å². The Morgan fingerprint density at radius 2 is 1.79 bits per heavy atom. The molecule has 3 aromatic rings. The Labute approximate surface area is 229 Å². The number of hydrazone groups is 1. The number of anilines is 1. The summed E-state index contributed by atoms with van der Waals surface area (Å²) in [6.07, 6.45) is 0.599. The number of nitrogens with one attached hydrogen (secondary N) is 1. The summed E-state index contributed by atoms with van der Waals surface area (Å²) in [6, 6.07) is 22.1. The van der Waals surface area contributed by atoms with Gasteiger partial charge in [-0.25, -0.2) is 5.01 Å². The van der Waals surface area contributed by atoms with Gasteiger partial charge in [-0.05, 0) is 54.1 Å². The first kappa shape index (κ1) is 25.8. The minimum Gasteiger partial charge on any atom is -0.497 e. The van der Waals surface area contributed by atoms with Crippen LogP contribution in [0.5, 0.6) is 11.5 Å². The number of aliphatic imine (C=N–C) groups is 1. The predicted octanol–water partition coefficient (Wildman–Crippen LogP) is 5.54. The maximum absolute atomic E-state index is 12.8. The SMILES string of the molecule is COc1ccc([C@H]2CC(c3cccc(OC)c3)=NN2C2=NC(=O)[C@H](CC(=O)Nc3ccc(Cl)cc3)S2)cc1. The summed E-state index contributed by atoms with van der Waals surface area (Å²) in [7, 11) is 3.25. The molecule has 0 aromatic heterocycles. The zero-order chi connectivity index (χ0) is 26.6. The number of halogens is 1. The van der Waals surface area contributed by atoms with E-state index < -0.39 is 5.25 Å². The quantitative estimate of drug-likeness (QED) is 0.417. The molecule has 1 N–H and O–H groups in total. The second kappa shape index (κ2) is 11.3. The van der Waals surface area contributed by atoms with E-state index in [2.05, 4.69) is 10.3 Å². The van der Waals surface area contributed by atoms with Gasteiger partial charge in [0.15, 0.2) is 5.17 Å². The fourth-order valence-corrected chi connectivity index (χ4v) is 5.46. The number of amides is 2. The molecule has 5 rings (SSSR count). The third-order valence-electron chi connectivity index (χ3n) is 6.24. The lowest BCUT2D eigenvalue weighted by Crippen LogP contribution is -2.25. The molecule has 2 atom stereocenters. The zero-order valence-corrected chi connectivity index (χ0v) is 22.3. The molecule has 0 saturated carbocycles. The average molecular weight is 549 g/mol. The number of amidine groups is 1. The smallest absolute Gasteiger partial charge is 0.262 e. The number of methoxy groups -OCH3 is 2. The van der Waals surface area contributed by atoms with E-state index in [1.165, 1.54) is 11.8 Å². The second-order valence-electron chi connectivity index (χ2n) is 8.71. The number of carbonyl (C=O) groups is 2. The van der Waals surface area contributed by atoms with E-state index in [4.69, 9.17) is 26.2 Å². The van der Waals surface area contributed by atoms with E-state index in [1.807, 2.05) is 48.5 Å². The van der Waals surface area contributed by atoms with E-state index in [0.29, 0.717) is 22.3 Å². The van der Waals surface area contributed by atoms with Crippen molar-refractivity contribution in [1.29, 1.82) is 0 Å². The van der Waals surface area contributed by atoms with Gasteiger partial charge in [0.1, 0.15) is 16.7 Å². The van der Waals surface area contributed by atoms with Crippen molar-refractivity contribution >= 4 is 51.7 Å². The highest BCUT2D eigenvalue weighted by atomic mass is 35.5. The van der Waals surface area contributed by atoms with Crippen molar-refractivity contribution in [2.45, 2.75) is 24.1 Å². The Morgan fingerprint density at radius 3 is 2.50 bits per heavy atom. The topological polar surface area (TPSA) is 92.6 Å². The molecule has 0 bridgehead atoms. The van der Waals surface area contributed by atoms with E-state index in [-0.39, 0.29) is 24.3 Å². The van der Waals surface area contributed by atoms with Crippen LogP contribution in [0, 0.1) is 0 Å². The summed E-state index contributed by atoms with van der Waals surface area (Å²) in [4.78, 5) is 29.8. The van der Waals surface area contributed by atoms with Crippen LogP contribution < -0.4 is 14.8 Å². The van der Waals surface area contributed by atoms with Crippen LogP contribution in [-0.2, 0) is 9.59 Å². The monoisotopic (exact) mass is 548 g/mol. The highest BCUT2D eigenvalue weighted by Gasteiger charge is 2.39. The van der Waals surface area contributed by atoms with Crippen LogP contribution in [-0.4, -0.2) is 47.2 Å². The molecule has 2 aliphatic heterocycles. The van der Waals surface area contributed by atoms with Gasteiger partial charge < -0.3 is 14.8 Å². The predicted molar refractivity (Wildman–Crippen MR) is 150 cm³/mol. The number of rotatable bonds is 7. The minimum absolute atomic E-state index is 0.00732. The first-order chi connectivity index (χ1) is 18.4. The van der Waals surface area contributed by atoms with Crippen molar-refractivity contribution in [1.82, 2.24) is 5.01 Å². The van der Waals surface area contributed by atoms with Gasteiger partial charge in [0.05, 0.1) is 26.0 Å². The van der Waals surface area contributed by atoms with E-state index in [1.54, 1.807) is 43.5 Å². The largest absolute Gasteiger partial charge is 0.497 e. The summed E-state index contributed by atoms with van der Waals surface area (Å²) in [5, 5.41) is 9.89. The van der Waals surface area contributed by atoms with Gasteiger partial charge in [-0.2, -0.15) is 10.1 Å². The molecule has 0 radical (unpaired) electrons. The molecule has 2 amide bonds. The lowest BCUT2D eigenvalue weighted by Gasteiger charge is -2.23. The van der Waals surface area contributed by atoms with Crippen LogP contribution in [0.2, 0.25) is 5.02 Å². The number of thioether (sulfide) groups is 1. The third-order valence-corrected chi connectivity index (χ3v) is 7.63. The standard InChI is InChI=1S/C28H25ClN4O4S/c1-36-21-12-6-17(7-13-21)24-15-23(18-4-3-5-22(14-18)37-2)32-33(24)28-31-27(35)25(38-28)16-26(34)30-20-10-8-19(29)9-11-20/h3-14,24-25H,15-16H2,1-2H3,(H,30,34)/t24-,25+/m1/s1. The molecular formula is C28H25ClN4O4S. The number of hydrogen-bond donors (Lipinski definition) is 1. The molecular weight excluding hydrogens is 524 g/mol. The summed E-state index contributed by atoms with van der Waals surface area (Å²) in [6.45, 7) is 0. The molecule has 3 aromatic carbocycles. The number of carbonyl (C=O) groups excluding carboxylic acids is 2. The fourth-order valence-electron chi connectivity index (χ4n) is 4.27. The van der Waals surface area contributed by atoms with Crippen molar-refractivity contribution in [3.05, 3.63) is 88.9 Å². The van der Waals surface area contributed by atoms with Crippen LogP contribution >= 0.6 is 23.4 Å². The number of nitrogens with zero attached hydrogens (tertiary/aromatic N) is 3. The molecule has 2 aliphatic rings. The highest BCUT2D eigenvalue weighted by Crippen LogP contribution is 2.39. The molecule has 8 nitrogen and oxygen atoms in total. The van der Waals surface area contributed by atoms with Crippen molar-refractivity contribution < 1.29 is 19.1 Å². The number of benzene rings is 3. The first-order valence-electron chi connectivity index (χ1n) is 11.9. The second-order valence-corrected chi connectivity index (χ2v) is 10.3. The van der Waals surface area contributed by atoms with Crippen LogP contribution in [0.3, 0.4) is 0 Å². The Morgan fingerprint density at radius 1 is 1.05 bits per heavy atom. The number of ether oxygens (including phenoxy) is 2. The van der Waals surface area contributed by atoms with Gasteiger partial charge in [-0.15, -0.1) is 0 Å². The molecule has 0 spiro atoms. The highest BCUT2D eigenvalue weighted by molar-refractivity contribution is 8.15. The Hall–Kier alpha value is -3.82. The normalized spacial score (nSPS) is 18.7. The molecule has 0 unspecified atom stereocenters. The Bertz CT molecular complexity index is 1410. The van der Waals surface area contributed by atoms with E-state index >= 15 is 0 Å². The molecule has 38 heavy (non-hydrogen) atoms. The average Bonchev–Trinajstić information content (AvgIpc) is 3.54. The van der Waals surface area contributed by atoms with Crippen molar-refractivity contribution in [2.24, 2.45) is 10.1 Å². The molecule has 0 aliphatic carbocycles. The fraction of sp³-hybridized carbons (Fsp3) is 0.214. The van der Waals surface area contributed by atoms with Gasteiger partial charge in [-0.1, -0.05) is 47.6 Å². The van der Waals surface area contributed by atoms with Gasteiger partial charge >= 0.3 is 0 Å². The number of hydrogen-bond acceptors (Lipinski definition) is 7. The van der Waals surface area contributed by atoms with Gasteiger partial charge in [0.2, 0.25) is 5.91 Å². The summed E-state index contributed by atoms with van der Waals surface area (Å²) in [5.41, 5.74) is 3.40. The van der Waals surface area contributed by atoms with Gasteiger partial charge in [0.25, 0.3) is 5.91 Å². The first-order valence-corrected chi connectivity index (χ1v) is 13.2. The van der Waals surface area contributed by atoms with Crippen molar-refractivity contribution in [3.63, 3.8) is 0 Å². The zero-order valence-electron chi connectivity index (χ0n) is 20.8.